The lowest BCUT2D eigenvalue weighted by molar-refractivity contribution is -0.143. The van der Waals surface area contributed by atoms with Crippen molar-refractivity contribution in [1.82, 2.24) is 10.6 Å². The number of carboxylic acid groups (broad SMARTS) is 1. The highest BCUT2D eigenvalue weighted by atomic mass is 16.5. The van der Waals surface area contributed by atoms with Crippen LogP contribution in [0.4, 0.5) is 0 Å². The van der Waals surface area contributed by atoms with Crippen molar-refractivity contribution in [2.24, 2.45) is 11.0 Å². The number of hydrogen-bond acceptors (Lipinski definition) is 5. The molecule has 126 valence electrons. The minimum Gasteiger partial charge on any atom is -0.475 e. The quantitative estimate of drug-likeness (QED) is 0.364. The summed E-state index contributed by atoms with van der Waals surface area (Å²) in [7, 11) is 0. The van der Waals surface area contributed by atoms with Gasteiger partial charge < -0.3 is 20.5 Å². The number of carbonyl (C=O) groups is 3. The lowest BCUT2D eigenvalue weighted by Gasteiger charge is -2.34. The number of hydrogen-bond donors (Lipinski definition) is 3. The normalized spacial score (nSPS) is 23.1. The van der Waals surface area contributed by atoms with Crippen LogP contribution < -0.4 is 10.6 Å². The molecule has 1 heterocycles. The van der Waals surface area contributed by atoms with E-state index in [1.165, 1.54) is 6.92 Å². The summed E-state index contributed by atoms with van der Waals surface area (Å²) in [5.41, 5.74) is 8.62. The van der Waals surface area contributed by atoms with Gasteiger partial charge in [0.25, 0.3) is 5.91 Å². The van der Waals surface area contributed by atoms with E-state index < -0.39 is 41.7 Å². The van der Waals surface area contributed by atoms with Crippen LogP contribution >= 0.6 is 0 Å². The molecule has 0 aromatic rings. The predicted molar refractivity (Wildman–Crippen MR) is 79.0 cm³/mol. The molecule has 1 rings (SSSR count). The molecular formula is C13H19N5O5. The molecule has 1 aliphatic heterocycles. The van der Waals surface area contributed by atoms with Crippen molar-refractivity contribution in [2.45, 2.75) is 39.0 Å². The van der Waals surface area contributed by atoms with E-state index in [1.54, 1.807) is 0 Å². The van der Waals surface area contributed by atoms with Crippen molar-refractivity contribution in [3.63, 3.8) is 0 Å². The molecule has 23 heavy (non-hydrogen) atoms. The van der Waals surface area contributed by atoms with Gasteiger partial charge in [-0.05, 0) is 17.5 Å². The van der Waals surface area contributed by atoms with E-state index in [-0.39, 0.29) is 5.92 Å². The maximum atomic E-state index is 12.3. The highest BCUT2D eigenvalue weighted by Crippen LogP contribution is 2.21. The van der Waals surface area contributed by atoms with E-state index in [2.05, 4.69) is 20.7 Å². The van der Waals surface area contributed by atoms with E-state index in [1.807, 2.05) is 13.8 Å². The van der Waals surface area contributed by atoms with Gasteiger partial charge in [0, 0.05) is 18.4 Å². The Kier molecular flexibility index (Phi) is 6.40. The second kappa shape index (κ2) is 8.04. The molecule has 0 aromatic carbocycles. The molecule has 2 amide bonds. The van der Waals surface area contributed by atoms with E-state index in [4.69, 9.17) is 15.4 Å². The molecule has 1 aliphatic rings. The van der Waals surface area contributed by atoms with Crippen LogP contribution in [0.25, 0.3) is 10.4 Å². The van der Waals surface area contributed by atoms with Crippen molar-refractivity contribution >= 4 is 17.8 Å². The highest BCUT2D eigenvalue weighted by Gasteiger charge is 2.41. The first-order valence-electron chi connectivity index (χ1n) is 6.97. The number of carboxylic acids is 1. The summed E-state index contributed by atoms with van der Waals surface area (Å²) in [5, 5.41) is 17.6. The van der Waals surface area contributed by atoms with Gasteiger partial charge in [-0.3, -0.25) is 9.59 Å². The number of nitrogens with zero attached hydrogens (tertiary/aromatic N) is 3. The lowest BCUT2D eigenvalue weighted by atomic mass is 9.98. The van der Waals surface area contributed by atoms with Crippen molar-refractivity contribution in [1.29, 1.82) is 0 Å². The summed E-state index contributed by atoms with van der Waals surface area (Å²) >= 11 is 0. The van der Waals surface area contributed by atoms with Crippen molar-refractivity contribution in [3.05, 3.63) is 22.3 Å². The zero-order valence-corrected chi connectivity index (χ0v) is 13.0. The number of azide groups is 1. The van der Waals surface area contributed by atoms with Gasteiger partial charge in [0.05, 0.1) is 12.1 Å². The molecule has 3 N–H and O–H groups in total. The molecule has 0 radical (unpaired) electrons. The van der Waals surface area contributed by atoms with E-state index >= 15 is 0 Å². The van der Waals surface area contributed by atoms with Crippen LogP contribution in [-0.2, 0) is 19.1 Å². The summed E-state index contributed by atoms with van der Waals surface area (Å²) in [6, 6.07) is -2.06. The molecule has 0 bridgehead atoms. The van der Waals surface area contributed by atoms with Crippen LogP contribution in [0.5, 0.6) is 0 Å². The van der Waals surface area contributed by atoms with Gasteiger partial charge in [0.1, 0.15) is 0 Å². The van der Waals surface area contributed by atoms with Crippen LogP contribution in [0, 0.1) is 5.92 Å². The first-order valence-corrected chi connectivity index (χ1v) is 6.97. The van der Waals surface area contributed by atoms with E-state index in [9.17, 15) is 14.4 Å². The average Bonchev–Trinajstić information content (AvgIpc) is 2.45. The van der Waals surface area contributed by atoms with Crippen LogP contribution in [-0.4, -0.2) is 47.6 Å². The third-order valence-electron chi connectivity index (χ3n) is 2.98. The first kappa shape index (κ1) is 18.3. The number of nitrogens with one attached hydrogen (secondary N) is 2. The van der Waals surface area contributed by atoms with Gasteiger partial charge in [-0.15, -0.1) is 0 Å². The Hall–Kier alpha value is -2.74. The zero-order chi connectivity index (χ0) is 17.6. The molecule has 0 aliphatic carbocycles. The minimum atomic E-state index is -1.40. The topological polar surface area (TPSA) is 153 Å². The van der Waals surface area contributed by atoms with Crippen molar-refractivity contribution in [2.75, 3.05) is 6.54 Å². The number of aliphatic carboxylic acids is 1. The van der Waals surface area contributed by atoms with Gasteiger partial charge in [-0.1, -0.05) is 19.0 Å². The third kappa shape index (κ3) is 5.19. The van der Waals surface area contributed by atoms with Crippen molar-refractivity contribution in [3.8, 4) is 0 Å². The number of carbonyl (C=O) groups excluding carboxylic acids is 2. The number of ether oxygens (including phenoxy) is 1. The molecule has 0 unspecified atom stereocenters. The Morgan fingerprint density at radius 2 is 2.13 bits per heavy atom. The van der Waals surface area contributed by atoms with Crippen LogP contribution in [0.15, 0.2) is 16.9 Å². The summed E-state index contributed by atoms with van der Waals surface area (Å²) in [5.74, 6) is -2.79. The fourth-order valence-electron chi connectivity index (χ4n) is 1.99. The molecule has 0 aromatic heterocycles. The van der Waals surface area contributed by atoms with Gasteiger partial charge in [0.15, 0.2) is 6.10 Å². The SMILES string of the molecule is CC(=O)N[C@@H]1[C@@H](N=[N+]=[N-])C=C(C(=O)O)O[C@H]1C(=O)NCC(C)C. The average molecular weight is 325 g/mol. The van der Waals surface area contributed by atoms with E-state index in [0.29, 0.717) is 6.54 Å². The summed E-state index contributed by atoms with van der Waals surface area (Å²) in [6.07, 6.45) is -0.251. The standard InChI is InChI=1S/C13H19N5O5/c1-6(2)5-15-12(20)11-10(16-7(3)19)8(17-18-14)4-9(23-11)13(21)22/h4,6,8,10-11H,5H2,1-3H3,(H,15,20)(H,16,19)(H,21,22)/t8-,10+,11+/m0/s1. The Morgan fingerprint density at radius 3 is 2.61 bits per heavy atom. The van der Waals surface area contributed by atoms with Crippen LogP contribution in [0.3, 0.4) is 0 Å². The van der Waals surface area contributed by atoms with Gasteiger partial charge >= 0.3 is 5.97 Å². The van der Waals surface area contributed by atoms with Gasteiger partial charge in [0.2, 0.25) is 11.7 Å². The second-order valence-corrected chi connectivity index (χ2v) is 5.44. The Labute approximate surface area is 132 Å². The Balaban J connectivity index is 3.13. The van der Waals surface area contributed by atoms with Crippen LogP contribution in [0.2, 0.25) is 0 Å². The minimum absolute atomic E-state index is 0.171. The Bertz CT molecular complexity index is 567. The third-order valence-corrected chi connectivity index (χ3v) is 2.98. The number of amides is 2. The van der Waals surface area contributed by atoms with Crippen LogP contribution in [0.1, 0.15) is 20.8 Å². The first-order chi connectivity index (χ1) is 10.8. The second-order valence-electron chi connectivity index (χ2n) is 5.44. The lowest BCUT2D eigenvalue weighted by Crippen LogP contribution is -2.58. The highest BCUT2D eigenvalue weighted by molar-refractivity contribution is 5.88. The monoisotopic (exact) mass is 325 g/mol. The maximum Gasteiger partial charge on any atom is 0.370 e. The van der Waals surface area contributed by atoms with E-state index in [0.717, 1.165) is 6.08 Å². The summed E-state index contributed by atoms with van der Waals surface area (Å²) in [4.78, 5) is 37.4. The molecule has 0 fully saturated rings. The molecule has 3 atom stereocenters. The smallest absolute Gasteiger partial charge is 0.370 e. The summed E-state index contributed by atoms with van der Waals surface area (Å²) < 4.78 is 5.18. The fourth-order valence-corrected chi connectivity index (χ4v) is 1.99. The fraction of sp³-hybridized carbons (Fsp3) is 0.615. The van der Waals surface area contributed by atoms with Gasteiger partial charge in [-0.2, -0.15) is 0 Å². The molecular weight excluding hydrogens is 306 g/mol. The molecule has 0 saturated carbocycles. The molecule has 10 nitrogen and oxygen atoms in total. The Morgan fingerprint density at radius 1 is 1.48 bits per heavy atom. The number of rotatable bonds is 6. The van der Waals surface area contributed by atoms with Crippen molar-refractivity contribution < 1.29 is 24.2 Å². The predicted octanol–water partition coefficient (Wildman–Crippen LogP) is 0.309. The molecule has 10 heteroatoms. The molecule has 0 spiro atoms. The zero-order valence-electron chi connectivity index (χ0n) is 13.0. The largest absolute Gasteiger partial charge is 0.475 e. The van der Waals surface area contributed by atoms with Gasteiger partial charge in [-0.25, -0.2) is 4.79 Å². The molecule has 0 saturated heterocycles. The summed E-state index contributed by atoms with van der Waals surface area (Å²) in [6.45, 7) is 5.35. The maximum absolute atomic E-state index is 12.3.